The maximum absolute atomic E-state index is 13.1. The van der Waals surface area contributed by atoms with Crippen molar-refractivity contribution in [3.63, 3.8) is 0 Å². The maximum atomic E-state index is 13.1. The minimum Gasteiger partial charge on any atom is -0.444 e. The second-order valence-corrected chi connectivity index (χ2v) is 10.9. The van der Waals surface area contributed by atoms with E-state index < -0.39 is 0 Å². The summed E-state index contributed by atoms with van der Waals surface area (Å²) < 4.78 is 7.94. The van der Waals surface area contributed by atoms with Gasteiger partial charge in [-0.2, -0.15) is 19.6 Å². The number of hydrogen-bond donors (Lipinski definition) is 2. The number of fused-ring (bicyclic) bond motifs is 1. The second kappa shape index (κ2) is 12.0. The largest absolute Gasteiger partial charge is 0.444 e. The van der Waals surface area contributed by atoms with Crippen molar-refractivity contribution in [2.75, 3.05) is 32.0 Å². The lowest BCUT2D eigenvalue weighted by Gasteiger charge is -2.31. The Labute approximate surface area is 234 Å². The first-order chi connectivity index (χ1) is 19.3. The first-order valence-corrected chi connectivity index (χ1v) is 14.0. The fourth-order valence-corrected chi connectivity index (χ4v) is 5.24. The number of hydrogen-bond acceptors (Lipinski definition) is 8. The van der Waals surface area contributed by atoms with Gasteiger partial charge in [0.1, 0.15) is 0 Å². The number of ether oxygens (including phenoxy) is 1. The average molecular weight is 547 g/mol. The van der Waals surface area contributed by atoms with E-state index in [0.29, 0.717) is 54.8 Å². The zero-order valence-electron chi connectivity index (χ0n) is 23.5. The maximum Gasteiger partial charge on any atom is 0.323 e. The molecule has 2 aliphatic heterocycles. The van der Waals surface area contributed by atoms with Gasteiger partial charge in [-0.15, -0.1) is 0 Å². The molecule has 40 heavy (non-hydrogen) atoms. The Morgan fingerprint density at radius 2 is 1.93 bits per heavy atom. The summed E-state index contributed by atoms with van der Waals surface area (Å²) in [5.74, 6) is 0.455. The third-order valence-corrected chi connectivity index (χ3v) is 7.64. The van der Waals surface area contributed by atoms with Gasteiger partial charge in [-0.25, -0.2) is 0 Å². The minimum atomic E-state index is -0.157. The van der Waals surface area contributed by atoms with E-state index >= 15 is 0 Å². The van der Waals surface area contributed by atoms with E-state index in [0.717, 1.165) is 31.4 Å². The highest BCUT2D eigenvalue weighted by Gasteiger charge is 2.25. The van der Waals surface area contributed by atoms with Gasteiger partial charge in [0.15, 0.2) is 11.9 Å². The Bertz CT molecular complexity index is 1380. The van der Waals surface area contributed by atoms with Crippen molar-refractivity contribution in [3.8, 4) is 6.01 Å². The van der Waals surface area contributed by atoms with Crippen LogP contribution in [0.3, 0.4) is 0 Å². The summed E-state index contributed by atoms with van der Waals surface area (Å²) in [7, 11) is 2.06. The van der Waals surface area contributed by atoms with Crippen LogP contribution in [0.2, 0.25) is 0 Å². The van der Waals surface area contributed by atoms with Gasteiger partial charge in [0, 0.05) is 42.5 Å². The molecule has 1 atom stereocenters. The highest BCUT2D eigenvalue weighted by Crippen LogP contribution is 2.26. The van der Waals surface area contributed by atoms with Crippen LogP contribution in [0.4, 0.5) is 11.6 Å². The van der Waals surface area contributed by atoms with Gasteiger partial charge in [-0.3, -0.25) is 14.5 Å². The number of rotatable bonds is 8. The lowest BCUT2D eigenvalue weighted by molar-refractivity contribution is -0.127. The number of anilines is 2. The quantitative estimate of drug-likeness (QED) is 0.411. The topological polar surface area (TPSA) is 117 Å². The van der Waals surface area contributed by atoms with Crippen LogP contribution in [0.1, 0.15) is 67.8 Å². The molecule has 2 aliphatic rings. The Kier molecular flexibility index (Phi) is 8.29. The SMILES string of the molecule is C=CC(=O)N1CCC(NC(=O)c2cccc(Nc3nc(OC4CCCCN4C)nc4c(C(C)C)cnn34)c2)CC1. The Morgan fingerprint density at radius 3 is 2.65 bits per heavy atom. The Morgan fingerprint density at radius 1 is 1.12 bits per heavy atom. The molecule has 11 nitrogen and oxygen atoms in total. The Hall–Kier alpha value is -3.99. The van der Waals surface area contributed by atoms with Gasteiger partial charge in [0.05, 0.1) is 6.20 Å². The van der Waals surface area contributed by atoms with E-state index in [4.69, 9.17) is 9.72 Å². The number of aromatic nitrogens is 4. The molecule has 5 rings (SSSR count). The molecule has 212 valence electrons. The van der Waals surface area contributed by atoms with Crippen molar-refractivity contribution in [2.24, 2.45) is 0 Å². The summed E-state index contributed by atoms with van der Waals surface area (Å²) in [4.78, 5) is 38.3. The number of piperidine rings is 2. The summed E-state index contributed by atoms with van der Waals surface area (Å²) >= 11 is 0. The number of amides is 2. The third-order valence-electron chi connectivity index (χ3n) is 7.64. The standard InChI is InChI=1S/C29H38N8O3/c1-5-24(38)36-15-12-21(13-16-36)31-27(39)20-9-8-10-22(17-20)32-28-34-29(40-25-11-6-7-14-35(25)4)33-26-23(19(2)3)18-30-37(26)28/h5,8-10,17-19,21,25H,1,6-7,11-16H2,2-4H3,(H,31,39)(H,32,33,34). The molecule has 11 heteroatoms. The van der Waals surface area contributed by atoms with Crippen LogP contribution in [0.5, 0.6) is 6.01 Å². The predicted octanol–water partition coefficient (Wildman–Crippen LogP) is 3.72. The molecule has 2 fully saturated rings. The molecule has 0 saturated carbocycles. The zero-order chi connectivity index (χ0) is 28.2. The van der Waals surface area contributed by atoms with Crippen LogP contribution in [-0.2, 0) is 4.79 Å². The molecule has 0 spiro atoms. The van der Waals surface area contributed by atoms with Gasteiger partial charge in [0.25, 0.3) is 5.91 Å². The molecule has 2 N–H and O–H groups in total. The number of likely N-dealkylation sites (tertiary alicyclic amines) is 2. The van der Waals surface area contributed by atoms with Gasteiger partial charge < -0.3 is 20.3 Å². The summed E-state index contributed by atoms with van der Waals surface area (Å²) in [6, 6.07) is 7.60. The van der Waals surface area contributed by atoms with Crippen LogP contribution in [0, 0.1) is 0 Å². The molecule has 0 aliphatic carbocycles. The summed E-state index contributed by atoms with van der Waals surface area (Å²) in [6.45, 7) is 9.93. The summed E-state index contributed by atoms with van der Waals surface area (Å²) in [5, 5.41) is 11.0. The van der Waals surface area contributed by atoms with E-state index in [2.05, 4.69) is 53.1 Å². The Balaban J connectivity index is 1.34. The van der Waals surface area contributed by atoms with Crippen molar-refractivity contribution in [1.82, 2.24) is 34.7 Å². The smallest absolute Gasteiger partial charge is 0.323 e. The lowest BCUT2D eigenvalue weighted by atomic mass is 10.0. The van der Waals surface area contributed by atoms with Crippen LogP contribution < -0.4 is 15.4 Å². The van der Waals surface area contributed by atoms with E-state index in [9.17, 15) is 9.59 Å². The van der Waals surface area contributed by atoms with Gasteiger partial charge in [-0.1, -0.05) is 26.5 Å². The number of benzene rings is 1. The fourth-order valence-electron chi connectivity index (χ4n) is 5.24. The molecule has 2 saturated heterocycles. The van der Waals surface area contributed by atoms with Crippen LogP contribution in [-0.4, -0.2) is 80.1 Å². The van der Waals surface area contributed by atoms with E-state index in [1.807, 2.05) is 18.3 Å². The normalized spacial score (nSPS) is 18.6. The number of carbonyl (C=O) groups is 2. The molecule has 1 unspecified atom stereocenters. The molecule has 1 aromatic carbocycles. The molecule has 2 amide bonds. The van der Waals surface area contributed by atoms with Crippen LogP contribution in [0.15, 0.2) is 43.1 Å². The molecular formula is C29H38N8O3. The number of nitrogens with one attached hydrogen (secondary N) is 2. The van der Waals surface area contributed by atoms with Crippen molar-refractivity contribution >= 4 is 29.1 Å². The van der Waals surface area contributed by atoms with Crippen molar-refractivity contribution in [3.05, 3.63) is 54.2 Å². The van der Waals surface area contributed by atoms with E-state index in [1.165, 1.54) is 6.08 Å². The summed E-state index contributed by atoms with van der Waals surface area (Å²) in [5.41, 5.74) is 2.92. The molecular weight excluding hydrogens is 508 g/mol. The lowest BCUT2D eigenvalue weighted by Crippen LogP contribution is -2.46. The average Bonchev–Trinajstić information content (AvgIpc) is 3.39. The first-order valence-electron chi connectivity index (χ1n) is 14.0. The van der Waals surface area contributed by atoms with Crippen molar-refractivity contribution < 1.29 is 14.3 Å². The van der Waals surface area contributed by atoms with E-state index in [-0.39, 0.29) is 30.0 Å². The third kappa shape index (κ3) is 6.09. The van der Waals surface area contributed by atoms with Gasteiger partial charge >= 0.3 is 6.01 Å². The molecule has 4 heterocycles. The monoisotopic (exact) mass is 546 g/mol. The highest BCUT2D eigenvalue weighted by molar-refractivity contribution is 5.95. The number of carbonyl (C=O) groups excluding carboxylic acids is 2. The van der Waals surface area contributed by atoms with Crippen LogP contribution in [0.25, 0.3) is 5.65 Å². The van der Waals surface area contributed by atoms with Gasteiger partial charge in [-0.05, 0) is 69.3 Å². The van der Waals surface area contributed by atoms with Crippen molar-refractivity contribution in [2.45, 2.75) is 64.1 Å². The number of nitrogens with zero attached hydrogens (tertiary/aromatic N) is 6. The minimum absolute atomic E-state index is 0.00984. The molecule has 2 aromatic heterocycles. The zero-order valence-corrected chi connectivity index (χ0v) is 23.5. The van der Waals surface area contributed by atoms with Crippen LogP contribution >= 0.6 is 0 Å². The molecule has 3 aromatic rings. The fraction of sp³-hybridized carbons (Fsp3) is 0.483. The van der Waals surface area contributed by atoms with Crippen molar-refractivity contribution in [1.29, 1.82) is 0 Å². The first kappa shape index (κ1) is 27.6. The highest BCUT2D eigenvalue weighted by atomic mass is 16.5. The molecule has 0 bridgehead atoms. The van der Waals surface area contributed by atoms with Gasteiger partial charge in [0.2, 0.25) is 11.9 Å². The predicted molar refractivity (Wildman–Crippen MR) is 153 cm³/mol. The molecule has 0 radical (unpaired) electrons. The second-order valence-electron chi connectivity index (χ2n) is 10.9. The summed E-state index contributed by atoms with van der Waals surface area (Å²) in [6.07, 6.45) is 7.66. The van der Waals surface area contributed by atoms with E-state index in [1.54, 1.807) is 21.5 Å².